The number of fused-ring (bicyclic) bond motifs is 3. The van der Waals surface area contributed by atoms with E-state index in [2.05, 4.69) is 6.92 Å². The predicted molar refractivity (Wildman–Crippen MR) is 70.4 cm³/mol. The van der Waals surface area contributed by atoms with Gasteiger partial charge in [0.1, 0.15) is 0 Å². The van der Waals surface area contributed by atoms with Crippen LogP contribution >= 0.6 is 0 Å². The summed E-state index contributed by atoms with van der Waals surface area (Å²) in [6.07, 6.45) is 16.6. The van der Waals surface area contributed by atoms with Gasteiger partial charge in [0.25, 0.3) is 0 Å². The first-order valence-electron chi connectivity index (χ1n) is 7.41. The normalized spacial score (nSPS) is 42.4. The van der Waals surface area contributed by atoms with E-state index in [0.29, 0.717) is 5.41 Å². The maximum atomic E-state index is 6.61. The predicted octanol–water partition coefficient (Wildman–Crippen LogP) is 4.40. The van der Waals surface area contributed by atoms with Crippen LogP contribution in [0.3, 0.4) is 0 Å². The van der Waals surface area contributed by atoms with Crippen molar-refractivity contribution in [2.24, 2.45) is 11.1 Å². The Bertz CT molecular complexity index is 201. The second-order valence-electron chi connectivity index (χ2n) is 6.79. The van der Waals surface area contributed by atoms with Crippen LogP contribution < -0.4 is 5.73 Å². The molecule has 1 heteroatoms. The molecule has 2 fully saturated rings. The van der Waals surface area contributed by atoms with E-state index in [9.17, 15) is 0 Å². The van der Waals surface area contributed by atoms with Crippen molar-refractivity contribution in [3.8, 4) is 0 Å². The summed E-state index contributed by atoms with van der Waals surface area (Å²) < 4.78 is 0. The monoisotopic (exact) mass is 223 g/mol. The van der Waals surface area contributed by atoms with Crippen molar-refractivity contribution in [2.75, 3.05) is 0 Å². The van der Waals surface area contributed by atoms with Gasteiger partial charge in [-0.05, 0) is 43.9 Å². The zero-order valence-corrected chi connectivity index (χ0v) is 11.1. The van der Waals surface area contributed by atoms with Gasteiger partial charge in [-0.2, -0.15) is 0 Å². The van der Waals surface area contributed by atoms with Gasteiger partial charge in [-0.15, -0.1) is 0 Å². The minimum Gasteiger partial charge on any atom is -0.325 e. The minimum atomic E-state index is 0.193. The number of hydrogen-bond donors (Lipinski definition) is 1. The smallest absolute Gasteiger partial charge is 0.0154 e. The lowest BCUT2D eigenvalue weighted by atomic mass is 9.69. The average molecular weight is 223 g/mol. The molecule has 0 amide bonds. The molecular formula is C15H29N. The molecule has 0 aliphatic heterocycles. The quantitative estimate of drug-likeness (QED) is 0.647. The third kappa shape index (κ3) is 3.23. The molecule has 2 unspecified atom stereocenters. The zero-order valence-electron chi connectivity index (χ0n) is 11.1. The van der Waals surface area contributed by atoms with Crippen LogP contribution in [0.25, 0.3) is 0 Å². The summed E-state index contributed by atoms with van der Waals surface area (Å²) in [7, 11) is 0. The van der Waals surface area contributed by atoms with Crippen molar-refractivity contribution in [1.29, 1.82) is 0 Å². The molecule has 2 saturated carbocycles. The lowest BCUT2D eigenvalue weighted by Gasteiger charge is -2.40. The molecule has 2 rings (SSSR count). The van der Waals surface area contributed by atoms with Crippen LogP contribution in [0.4, 0.5) is 0 Å². The molecule has 2 aliphatic carbocycles. The third-order valence-electron chi connectivity index (χ3n) is 5.14. The molecule has 1 nitrogen and oxygen atoms in total. The standard InChI is InChI=1S/C15H29N/c1-14-8-4-2-3-5-10-15(16,13-12-14)11-7-6-9-14/h2-13,16H2,1H3. The molecule has 2 bridgehead atoms. The molecule has 2 aliphatic rings. The van der Waals surface area contributed by atoms with E-state index in [1.54, 1.807) is 0 Å². The van der Waals surface area contributed by atoms with Crippen molar-refractivity contribution in [3.05, 3.63) is 0 Å². The Morgan fingerprint density at radius 3 is 1.81 bits per heavy atom. The van der Waals surface area contributed by atoms with Gasteiger partial charge >= 0.3 is 0 Å². The Morgan fingerprint density at radius 2 is 1.12 bits per heavy atom. The molecule has 2 N–H and O–H groups in total. The van der Waals surface area contributed by atoms with Crippen molar-refractivity contribution in [3.63, 3.8) is 0 Å². The summed E-state index contributed by atoms with van der Waals surface area (Å²) in [5, 5.41) is 0. The second-order valence-corrected chi connectivity index (χ2v) is 6.79. The molecule has 2 atom stereocenters. The van der Waals surface area contributed by atoms with Gasteiger partial charge < -0.3 is 5.73 Å². The topological polar surface area (TPSA) is 26.0 Å². The van der Waals surface area contributed by atoms with Crippen LogP contribution in [0.2, 0.25) is 0 Å². The van der Waals surface area contributed by atoms with E-state index >= 15 is 0 Å². The lowest BCUT2D eigenvalue weighted by Crippen LogP contribution is -2.42. The Hall–Kier alpha value is -0.0400. The first-order valence-corrected chi connectivity index (χ1v) is 7.41. The van der Waals surface area contributed by atoms with Gasteiger partial charge in [0.2, 0.25) is 0 Å². The van der Waals surface area contributed by atoms with E-state index in [1.807, 2.05) is 0 Å². The van der Waals surface area contributed by atoms with Crippen LogP contribution in [0, 0.1) is 5.41 Å². The Morgan fingerprint density at radius 1 is 0.625 bits per heavy atom. The molecule has 0 spiro atoms. The molecule has 0 aromatic rings. The Labute approximate surface area is 101 Å². The highest BCUT2D eigenvalue weighted by Crippen LogP contribution is 2.42. The van der Waals surface area contributed by atoms with Gasteiger partial charge in [0, 0.05) is 5.54 Å². The first-order chi connectivity index (χ1) is 7.62. The number of nitrogens with two attached hydrogens (primary N) is 1. The number of hydrogen-bond acceptors (Lipinski definition) is 1. The summed E-state index contributed by atoms with van der Waals surface area (Å²) in [6.45, 7) is 2.51. The second kappa shape index (κ2) is 5.08. The van der Waals surface area contributed by atoms with Crippen LogP contribution in [0.5, 0.6) is 0 Å². The van der Waals surface area contributed by atoms with Crippen molar-refractivity contribution < 1.29 is 0 Å². The lowest BCUT2D eigenvalue weighted by molar-refractivity contribution is 0.159. The summed E-state index contributed by atoms with van der Waals surface area (Å²) in [4.78, 5) is 0. The highest BCUT2D eigenvalue weighted by molar-refractivity contribution is 4.90. The van der Waals surface area contributed by atoms with Crippen LogP contribution in [-0.2, 0) is 0 Å². The molecule has 16 heavy (non-hydrogen) atoms. The summed E-state index contributed by atoms with van der Waals surface area (Å²) >= 11 is 0. The maximum absolute atomic E-state index is 6.61. The molecule has 0 aromatic heterocycles. The largest absolute Gasteiger partial charge is 0.325 e. The van der Waals surface area contributed by atoms with E-state index in [4.69, 9.17) is 5.73 Å². The van der Waals surface area contributed by atoms with Gasteiger partial charge in [-0.3, -0.25) is 0 Å². The number of rotatable bonds is 0. The molecule has 0 saturated heterocycles. The van der Waals surface area contributed by atoms with Gasteiger partial charge in [0.15, 0.2) is 0 Å². The SMILES string of the molecule is CC12CCCCCCC(N)(CCCC1)CC2. The van der Waals surface area contributed by atoms with E-state index in [1.165, 1.54) is 77.0 Å². The van der Waals surface area contributed by atoms with Crippen LogP contribution in [0.15, 0.2) is 0 Å². The average Bonchev–Trinajstić information content (AvgIpc) is 2.25. The molecule has 0 heterocycles. The van der Waals surface area contributed by atoms with Crippen LogP contribution in [-0.4, -0.2) is 5.54 Å². The highest BCUT2D eigenvalue weighted by atomic mass is 14.7. The van der Waals surface area contributed by atoms with Gasteiger partial charge in [0.05, 0.1) is 0 Å². The maximum Gasteiger partial charge on any atom is 0.0154 e. The summed E-state index contributed by atoms with van der Waals surface area (Å²) in [6, 6.07) is 0. The molecular weight excluding hydrogens is 194 g/mol. The Kier molecular flexibility index (Phi) is 3.94. The van der Waals surface area contributed by atoms with Gasteiger partial charge in [-0.1, -0.05) is 45.4 Å². The fraction of sp³-hybridized carbons (Fsp3) is 1.00. The first kappa shape index (κ1) is 12.4. The van der Waals surface area contributed by atoms with Gasteiger partial charge in [-0.25, -0.2) is 0 Å². The Balaban J connectivity index is 2.07. The summed E-state index contributed by atoms with van der Waals surface area (Å²) in [5.41, 5.74) is 7.42. The van der Waals surface area contributed by atoms with E-state index in [0.717, 1.165) is 0 Å². The zero-order chi connectivity index (χ0) is 11.5. The van der Waals surface area contributed by atoms with E-state index in [-0.39, 0.29) is 5.54 Å². The highest BCUT2D eigenvalue weighted by Gasteiger charge is 2.33. The van der Waals surface area contributed by atoms with Crippen molar-refractivity contribution in [2.45, 2.75) is 89.5 Å². The summed E-state index contributed by atoms with van der Waals surface area (Å²) in [5.74, 6) is 0. The molecule has 0 radical (unpaired) electrons. The fourth-order valence-corrected chi connectivity index (χ4v) is 3.71. The van der Waals surface area contributed by atoms with E-state index < -0.39 is 0 Å². The van der Waals surface area contributed by atoms with Crippen LogP contribution in [0.1, 0.15) is 84.0 Å². The molecule has 0 aromatic carbocycles. The van der Waals surface area contributed by atoms with Crippen molar-refractivity contribution in [1.82, 2.24) is 0 Å². The third-order valence-corrected chi connectivity index (χ3v) is 5.14. The minimum absolute atomic E-state index is 0.193. The van der Waals surface area contributed by atoms with Crippen molar-refractivity contribution >= 4 is 0 Å². The molecule has 94 valence electrons. The fourth-order valence-electron chi connectivity index (χ4n) is 3.71.